The van der Waals surface area contributed by atoms with Crippen molar-refractivity contribution in [1.29, 1.82) is 0 Å². The number of carbonyl (C=O) groups is 2. The van der Waals surface area contributed by atoms with Gasteiger partial charge in [0.2, 0.25) is 0 Å². The Morgan fingerprint density at radius 1 is 1.16 bits per heavy atom. The molecular formula is C19H17ClN2O3. The molecule has 2 N–H and O–H groups in total. The minimum Gasteiger partial charge on any atom is -0.484 e. The van der Waals surface area contributed by atoms with E-state index in [2.05, 4.69) is 0 Å². The molecule has 0 aliphatic carbocycles. The summed E-state index contributed by atoms with van der Waals surface area (Å²) in [5.74, 6) is -0.105. The third kappa shape index (κ3) is 3.23. The maximum Gasteiger partial charge on any atom is 0.255 e. The first-order valence-electron chi connectivity index (χ1n) is 7.71. The predicted molar refractivity (Wildman–Crippen MR) is 97.7 cm³/mol. The number of benzene rings is 2. The summed E-state index contributed by atoms with van der Waals surface area (Å²) in [6.07, 6.45) is 0. The molecule has 2 aromatic carbocycles. The molecule has 0 radical (unpaired) electrons. The number of halogens is 1. The van der Waals surface area contributed by atoms with Crippen LogP contribution in [0.15, 0.2) is 42.5 Å². The number of ketones is 1. The summed E-state index contributed by atoms with van der Waals surface area (Å²) in [5, 5.41) is 1.41. The predicted octanol–water partition coefficient (Wildman–Crippen LogP) is 3.66. The van der Waals surface area contributed by atoms with E-state index in [0.717, 1.165) is 22.3 Å². The molecule has 128 valence electrons. The summed E-state index contributed by atoms with van der Waals surface area (Å²) in [6, 6.07) is 12.8. The van der Waals surface area contributed by atoms with Crippen molar-refractivity contribution in [1.82, 2.24) is 4.57 Å². The summed E-state index contributed by atoms with van der Waals surface area (Å²) >= 11 is 5.98. The standard InChI is InChI=1S/C19H17ClN2O3/c1-11-19(12(2)23)16-9-15(25-10-18(21)24)7-8-17(16)22(11)14-5-3-13(20)4-6-14/h3-9H,10H2,1-2H3,(H2,21,24). The highest BCUT2D eigenvalue weighted by Gasteiger charge is 2.19. The van der Waals surface area contributed by atoms with Crippen LogP contribution in [0, 0.1) is 6.92 Å². The second-order valence-corrected chi connectivity index (χ2v) is 6.20. The molecule has 3 aromatic rings. The number of hydrogen-bond donors (Lipinski definition) is 1. The lowest BCUT2D eigenvalue weighted by Crippen LogP contribution is -2.19. The monoisotopic (exact) mass is 356 g/mol. The highest BCUT2D eigenvalue weighted by atomic mass is 35.5. The number of Topliss-reactive ketones (excluding diaryl/α,β-unsaturated/α-hetero) is 1. The van der Waals surface area contributed by atoms with E-state index >= 15 is 0 Å². The average Bonchev–Trinajstić information content (AvgIpc) is 2.85. The quantitative estimate of drug-likeness (QED) is 0.709. The Labute approximate surface area is 149 Å². The van der Waals surface area contributed by atoms with Crippen LogP contribution in [0.1, 0.15) is 23.0 Å². The minimum absolute atomic E-state index is 0.0396. The number of aromatic nitrogens is 1. The smallest absolute Gasteiger partial charge is 0.255 e. The molecule has 0 fully saturated rings. The molecule has 1 amide bonds. The van der Waals surface area contributed by atoms with Gasteiger partial charge in [-0.05, 0) is 56.3 Å². The zero-order valence-corrected chi connectivity index (χ0v) is 14.6. The zero-order chi connectivity index (χ0) is 18.1. The van der Waals surface area contributed by atoms with E-state index < -0.39 is 5.91 Å². The fourth-order valence-electron chi connectivity index (χ4n) is 3.01. The Hall–Kier alpha value is -2.79. The zero-order valence-electron chi connectivity index (χ0n) is 13.9. The van der Waals surface area contributed by atoms with Gasteiger partial charge in [0.25, 0.3) is 5.91 Å². The molecular weight excluding hydrogens is 340 g/mol. The maximum atomic E-state index is 12.2. The van der Waals surface area contributed by atoms with Gasteiger partial charge in [0.1, 0.15) is 5.75 Å². The van der Waals surface area contributed by atoms with Crippen molar-refractivity contribution in [3.63, 3.8) is 0 Å². The summed E-state index contributed by atoms with van der Waals surface area (Å²) in [5.41, 5.74) is 8.34. The first-order chi connectivity index (χ1) is 11.9. The highest BCUT2D eigenvalue weighted by Crippen LogP contribution is 2.32. The molecule has 0 unspecified atom stereocenters. The van der Waals surface area contributed by atoms with Gasteiger partial charge in [0.05, 0.1) is 5.52 Å². The molecule has 1 heterocycles. The van der Waals surface area contributed by atoms with Crippen LogP contribution < -0.4 is 10.5 Å². The van der Waals surface area contributed by atoms with Crippen molar-refractivity contribution in [2.45, 2.75) is 13.8 Å². The van der Waals surface area contributed by atoms with E-state index in [4.69, 9.17) is 22.1 Å². The Kier molecular flexibility index (Phi) is 4.51. The number of hydrogen-bond acceptors (Lipinski definition) is 3. The van der Waals surface area contributed by atoms with Crippen LogP contribution in [0.3, 0.4) is 0 Å². The van der Waals surface area contributed by atoms with Crippen LogP contribution in [0.2, 0.25) is 5.02 Å². The highest BCUT2D eigenvalue weighted by molar-refractivity contribution is 6.30. The first kappa shape index (κ1) is 17.0. The lowest BCUT2D eigenvalue weighted by atomic mass is 10.1. The van der Waals surface area contributed by atoms with Crippen molar-refractivity contribution in [3.8, 4) is 11.4 Å². The van der Waals surface area contributed by atoms with Crippen molar-refractivity contribution in [3.05, 3.63) is 58.7 Å². The largest absolute Gasteiger partial charge is 0.484 e. The number of nitrogens with zero attached hydrogens (tertiary/aromatic N) is 1. The summed E-state index contributed by atoms with van der Waals surface area (Å²) in [7, 11) is 0. The normalized spacial score (nSPS) is 10.8. The van der Waals surface area contributed by atoms with E-state index in [1.807, 2.05) is 29.7 Å². The van der Waals surface area contributed by atoms with Crippen molar-refractivity contribution < 1.29 is 14.3 Å². The fourth-order valence-corrected chi connectivity index (χ4v) is 3.14. The van der Waals surface area contributed by atoms with Crippen LogP contribution >= 0.6 is 11.6 Å². The molecule has 5 nitrogen and oxygen atoms in total. The van der Waals surface area contributed by atoms with Crippen LogP contribution in [0.5, 0.6) is 5.75 Å². The van der Waals surface area contributed by atoms with Gasteiger partial charge in [-0.25, -0.2) is 0 Å². The van der Waals surface area contributed by atoms with Crippen LogP contribution in [0.4, 0.5) is 0 Å². The number of carbonyl (C=O) groups excluding carboxylic acids is 2. The molecule has 0 atom stereocenters. The van der Waals surface area contributed by atoms with Gasteiger partial charge < -0.3 is 15.0 Å². The first-order valence-corrected chi connectivity index (χ1v) is 8.09. The third-order valence-corrected chi connectivity index (χ3v) is 4.25. The Balaban J connectivity index is 2.21. The number of rotatable bonds is 5. The van der Waals surface area contributed by atoms with Gasteiger partial charge in [0, 0.05) is 27.4 Å². The van der Waals surface area contributed by atoms with Crippen molar-refractivity contribution in [2.24, 2.45) is 5.73 Å². The van der Waals surface area contributed by atoms with Gasteiger partial charge in [-0.2, -0.15) is 0 Å². The van der Waals surface area contributed by atoms with E-state index in [0.29, 0.717) is 16.3 Å². The van der Waals surface area contributed by atoms with Crippen LogP contribution in [0.25, 0.3) is 16.6 Å². The molecule has 1 aromatic heterocycles. The van der Waals surface area contributed by atoms with Gasteiger partial charge in [-0.3, -0.25) is 9.59 Å². The molecule has 25 heavy (non-hydrogen) atoms. The molecule has 0 aliphatic heterocycles. The lowest BCUT2D eigenvalue weighted by molar-refractivity contribution is -0.119. The molecule has 0 saturated heterocycles. The van der Waals surface area contributed by atoms with Crippen molar-refractivity contribution >= 4 is 34.2 Å². The maximum absolute atomic E-state index is 12.2. The Morgan fingerprint density at radius 3 is 2.44 bits per heavy atom. The second kappa shape index (κ2) is 6.61. The van der Waals surface area contributed by atoms with Crippen LogP contribution in [-0.2, 0) is 4.79 Å². The number of fused-ring (bicyclic) bond motifs is 1. The third-order valence-electron chi connectivity index (χ3n) is 3.99. The topological polar surface area (TPSA) is 74.3 Å². The second-order valence-electron chi connectivity index (χ2n) is 5.76. The van der Waals surface area contributed by atoms with Crippen LogP contribution in [-0.4, -0.2) is 22.9 Å². The number of nitrogens with two attached hydrogens (primary N) is 1. The molecule has 6 heteroatoms. The van der Waals surface area contributed by atoms with Crippen molar-refractivity contribution in [2.75, 3.05) is 6.61 Å². The van der Waals surface area contributed by atoms with Gasteiger partial charge in [0.15, 0.2) is 12.4 Å². The van der Waals surface area contributed by atoms with E-state index in [1.165, 1.54) is 6.92 Å². The Morgan fingerprint density at radius 2 is 1.84 bits per heavy atom. The summed E-state index contributed by atoms with van der Waals surface area (Å²) in [6.45, 7) is 3.22. The molecule has 0 bridgehead atoms. The number of amides is 1. The summed E-state index contributed by atoms with van der Waals surface area (Å²) in [4.78, 5) is 23.1. The SMILES string of the molecule is CC(=O)c1c(C)n(-c2ccc(Cl)cc2)c2ccc(OCC(N)=O)cc12. The number of primary amides is 1. The molecule has 0 aliphatic rings. The lowest BCUT2D eigenvalue weighted by Gasteiger charge is -2.09. The van der Waals surface area contributed by atoms with Gasteiger partial charge in [-0.1, -0.05) is 11.6 Å². The summed E-state index contributed by atoms with van der Waals surface area (Å²) < 4.78 is 7.37. The average molecular weight is 357 g/mol. The molecule has 0 saturated carbocycles. The van der Waals surface area contributed by atoms with Gasteiger partial charge >= 0.3 is 0 Å². The fraction of sp³-hybridized carbons (Fsp3) is 0.158. The number of ether oxygens (including phenoxy) is 1. The Bertz CT molecular complexity index is 974. The molecule has 3 rings (SSSR count). The van der Waals surface area contributed by atoms with E-state index in [-0.39, 0.29) is 12.4 Å². The molecule has 0 spiro atoms. The minimum atomic E-state index is -0.554. The van der Waals surface area contributed by atoms with E-state index in [9.17, 15) is 9.59 Å². The van der Waals surface area contributed by atoms with E-state index in [1.54, 1.807) is 24.3 Å². The van der Waals surface area contributed by atoms with Gasteiger partial charge in [-0.15, -0.1) is 0 Å².